The summed E-state index contributed by atoms with van der Waals surface area (Å²) in [5, 5.41) is 0. The summed E-state index contributed by atoms with van der Waals surface area (Å²) in [5.41, 5.74) is 0.246. The molecule has 2 aromatic rings. The van der Waals surface area contributed by atoms with Crippen LogP contribution in [-0.4, -0.2) is 46.2 Å². The van der Waals surface area contributed by atoms with Crippen molar-refractivity contribution in [1.82, 2.24) is 14.8 Å². The maximum atomic E-state index is 14.0. The molecular weight excluding hydrogens is 371 g/mol. The molecule has 2 fully saturated rings. The smallest absolute Gasteiger partial charge is 0.275 e. The van der Waals surface area contributed by atoms with Gasteiger partial charge in [0, 0.05) is 44.5 Å². The minimum absolute atomic E-state index is 0.00960. The Morgan fingerprint density at radius 3 is 2.54 bits per heavy atom. The fourth-order valence-electron chi connectivity index (χ4n) is 4.37. The van der Waals surface area contributed by atoms with Gasteiger partial charge in [0.1, 0.15) is 11.6 Å². The van der Waals surface area contributed by atoms with Crippen LogP contribution in [0.4, 0.5) is 13.2 Å². The second-order valence-electron chi connectivity index (χ2n) is 7.29. The normalized spacial score (nSPS) is 23.8. The van der Waals surface area contributed by atoms with E-state index in [1.54, 1.807) is 17.0 Å². The molecule has 0 unspecified atom stereocenters. The molecule has 0 N–H and O–H groups in total. The van der Waals surface area contributed by atoms with E-state index in [0.717, 1.165) is 6.20 Å². The lowest BCUT2D eigenvalue weighted by Gasteiger charge is -2.29. The molecule has 0 aliphatic carbocycles. The van der Waals surface area contributed by atoms with Crippen molar-refractivity contribution in [1.29, 1.82) is 0 Å². The fraction of sp³-hybridized carbons (Fsp3) is 0.350. The molecule has 2 amide bonds. The van der Waals surface area contributed by atoms with E-state index in [-0.39, 0.29) is 30.3 Å². The maximum absolute atomic E-state index is 14.0. The molecule has 28 heavy (non-hydrogen) atoms. The van der Waals surface area contributed by atoms with Crippen molar-refractivity contribution in [3.63, 3.8) is 0 Å². The predicted octanol–water partition coefficient (Wildman–Crippen LogP) is 2.79. The van der Waals surface area contributed by atoms with E-state index in [1.807, 2.05) is 0 Å². The average molecular weight is 389 g/mol. The van der Waals surface area contributed by atoms with E-state index in [4.69, 9.17) is 0 Å². The number of rotatable bonds is 2. The van der Waals surface area contributed by atoms with Gasteiger partial charge >= 0.3 is 0 Å². The molecule has 1 aromatic heterocycles. The van der Waals surface area contributed by atoms with Crippen LogP contribution < -0.4 is 0 Å². The van der Waals surface area contributed by atoms with Crippen LogP contribution in [0.25, 0.3) is 0 Å². The van der Waals surface area contributed by atoms with Gasteiger partial charge in [0.05, 0.1) is 12.2 Å². The third-order valence-corrected chi connectivity index (χ3v) is 5.56. The number of likely N-dealkylation sites (tertiary alicyclic amines) is 2. The van der Waals surface area contributed by atoms with Crippen LogP contribution in [0.2, 0.25) is 0 Å². The first-order valence-electron chi connectivity index (χ1n) is 8.98. The first-order chi connectivity index (χ1) is 13.3. The first kappa shape index (κ1) is 18.5. The monoisotopic (exact) mass is 389 g/mol. The van der Waals surface area contributed by atoms with E-state index in [0.29, 0.717) is 24.7 Å². The highest BCUT2D eigenvalue weighted by molar-refractivity contribution is 5.92. The summed E-state index contributed by atoms with van der Waals surface area (Å²) in [6.45, 7) is 2.52. The molecule has 0 bridgehead atoms. The molecule has 2 aliphatic heterocycles. The molecule has 4 rings (SSSR count). The molecule has 8 heteroatoms. The number of carbonyl (C=O) groups excluding carboxylic acids is 2. The third-order valence-electron chi connectivity index (χ3n) is 5.56. The summed E-state index contributed by atoms with van der Waals surface area (Å²) < 4.78 is 40.8. The minimum atomic E-state index is -1.01. The van der Waals surface area contributed by atoms with E-state index < -0.39 is 29.1 Å². The van der Waals surface area contributed by atoms with Crippen molar-refractivity contribution >= 4 is 11.8 Å². The Hall–Kier alpha value is -2.90. The largest absolute Gasteiger partial charge is 0.336 e. The van der Waals surface area contributed by atoms with Gasteiger partial charge in [-0.15, -0.1) is 0 Å². The van der Waals surface area contributed by atoms with E-state index in [1.165, 1.54) is 24.0 Å². The van der Waals surface area contributed by atoms with Gasteiger partial charge in [-0.25, -0.2) is 18.2 Å². The molecule has 146 valence electrons. The van der Waals surface area contributed by atoms with Crippen molar-refractivity contribution in [2.24, 2.45) is 11.8 Å². The van der Waals surface area contributed by atoms with Gasteiger partial charge in [-0.2, -0.15) is 0 Å². The summed E-state index contributed by atoms with van der Waals surface area (Å²) >= 11 is 0. The van der Waals surface area contributed by atoms with Crippen LogP contribution in [0.1, 0.15) is 29.0 Å². The zero-order valence-corrected chi connectivity index (χ0v) is 15.1. The SMILES string of the molecule is CC(=O)N1C[C@H]2CN(C(=O)c3ncc(F)cc3F)C[C@H]2[C@@H]1c1cccc(F)c1. The lowest BCUT2D eigenvalue weighted by Crippen LogP contribution is -2.37. The predicted molar refractivity (Wildman–Crippen MR) is 93.6 cm³/mol. The van der Waals surface area contributed by atoms with Crippen molar-refractivity contribution < 1.29 is 22.8 Å². The Kier molecular flexibility index (Phi) is 4.56. The molecule has 3 atom stereocenters. The minimum Gasteiger partial charge on any atom is -0.336 e. The number of carbonyl (C=O) groups is 2. The topological polar surface area (TPSA) is 53.5 Å². The number of benzene rings is 1. The molecule has 1 aromatic carbocycles. The molecular formula is C20H18F3N3O2. The summed E-state index contributed by atoms with van der Waals surface area (Å²) in [6, 6.07) is 6.35. The zero-order chi connectivity index (χ0) is 20.0. The van der Waals surface area contributed by atoms with Crippen molar-refractivity contribution in [2.75, 3.05) is 19.6 Å². The Morgan fingerprint density at radius 2 is 1.86 bits per heavy atom. The molecule has 3 heterocycles. The molecule has 5 nitrogen and oxygen atoms in total. The Bertz CT molecular complexity index is 952. The van der Waals surface area contributed by atoms with Crippen molar-refractivity contribution in [3.8, 4) is 0 Å². The number of amides is 2. The van der Waals surface area contributed by atoms with Gasteiger partial charge < -0.3 is 9.80 Å². The van der Waals surface area contributed by atoms with E-state index in [2.05, 4.69) is 4.98 Å². The average Bonchev–Trinajstić information content (AvgIpc) is 3.19. The summed E-state index contributed by atoms with van der Waals surface area (Å²) in [7, 11) is 0. The van der Waals surface area contributed by atoms with E-state index >= 15 is 0 Å². The summed E-state index contributed by atoms with van der Waals surface area (Å²) in [5.74, 6) is -3.09. The van der Waals surface area contributed by atoms with E-state index in [9.17, 15) is 22.8 Å². The zero-order valence-electron chi connectivity index (χ0n) is 15.1. The van der Waals surface area contributed by atoms with Crippen LogP contribution in [0.3, 0.4) is 0 Å². The van der Waals surface area contributed by atoms with Gasteiger partial charge in [0.15, 0.2) is 11.5 Å². The van der Waals surface area contributed by atoms with Crippen molar-refractivity contribution in [3.05, 3.63) is 65.2 Å². The number of hydrogen-bond donors (Lipinski definition) is 0. The first-order valence-corrected chi connectivity index (χ1v) is 8.98. The standard InChI is InChI=1S/C20H18F3N3O2/c1-11(27)26-9-13-8-25(20(28)18-17(23)6-15(22)7-24-18)10-16(13)19(26)12-3-2-4-14(21)5-12/h2-7,13,16,19H,8-10H2,1H3/t13-,16-,19+/m1/s1. The van der Waals surface area contributed by atoms with Gasteiger partial charge in [0.25, 0.3) is 5.91 Å². The van der Waals surface area contributed by atoms with Gasteiger partial charge in [-0.3, -0.25) is 9.59 Å². The van der Waals surface area contributed by atoms with Crippen LogP contribution in [-0.2, 0) is 4.79 Å². The second-order valence-corrected chi connectivity index (χ2v) is 7.29. The number of fused-ring (bicyclic) bond motifs is 1. The Morgan fingerprint density at radius 1 is 1.07 bits per heavy atom. The summed E-state index contributed by atoms with van der Waals surface area (Å²) in [4.78, 5) is 31.6. The number of halogens is 3. The van der Waals surface area contributed by atoms with Gasteiger partial charge in [0.2, 0.25) is 5.91 Å². The fourth-order valence-corrected chi connectivity index (χ4v) is 4.37. The highest BCUT2D eigenvalue weighted by Gasteiger charge is 2.49. The Balaban J connectivity index is 1.61. The quantitative estimate of drug-likeness (QED) is 0.794. The highest BCUT2D eigenvalue weighted by atomic mass is 19.1. The number of hydrogen-bond acceptors (Lipinski definition) is 3. The van der Waals surface area contributed by atoms with Crippen molar-refractivity contribution in [2.45, 2.75) is 13.0 Å². The van der Waals surface area contributed by atoms with Gasteiger partial charge in [-0.1, -0.05) is 12.1 Å². The third kappa shape index (κ3) is 3.12. The van der Waals surface area contributed by atoms with Gasteiger partial charge in [-0.05, 0) is 17.7 Å². The lowest BCUT2D eigenvalue weighted by molar-refractivity contribution is -0.130. The molecule has 0 radical (unpaired) electrons. The molecule has 0 saturated carbocycles. The van der Waals surface area contributed by atoms with Crippen LogP contribution in [0.5, 0.6) is 0 Å². The maximum Gasteiger partial charge on any atom is 0.275 e. The molecule has 2 aliphatic rings. The van der Waals surface area contributed by atoms with Crippen LogP contribution in [0, 0.1) is 29.3 Å². The second kappa shape index (κ2) is 6.92. The molecule has 2 saturated heterocycles. The summed E-state index contributed by atoms with van der Waals surface area (Å²) in [6.07, 6.45) is 0.806. The highest BCUT2D eigenvalue weighted by Crippen LogP contribution is 2.45. The molecule has 0 spiro atoms. The number of pyridine rings is 1. The van der Waals surface area contributed by atoms with Crippen LogP contribution in [0.15, 0.2) is 36.5 Å². The van der Waals surface area contributed by atoms with Crippen LogP contribution >= 0.6 is 0 Å². The lowest BCUT2D eigenvalue weighted by atomic mass is 9.89. The Labute approximate surface area is 159 Å². The number of aromatic nitrogens is 1. The number of nitrogens with zero attached hydrogens (tertiary/aromatic N) is 3.